The molecule has 0 fully saturated rings. The molecule has 1 aromatic heterocycles. The normalized spacial score (nSPS) is 15.7. The number of fused-ring (bicyclic) bond motifs is 3. The number of ether oxygens (including phenoxy) is 2. The van der Waals surface area contributed by atoms with Crippen LogP contribution in [0.15, 0.2) is 21.3 Å². The van der Waals surface area contributed by atoms with E-state index in [0.717, 1.165) is 49.0 Å². The van der Waals surface area contributed by atoms with Crippen LogP contribution in [0.3, 0.4) is 0 Å². The van der Waals surface area contributed by atoms with Crippen molar-refractivity contribution >= 4 is 11.0 Å². The number of nitrogens with one attached hydrogen (secondary N) is 1. The van der Waals surface area contributed by atoms with Crippen molar-refractivity contribution in [1.29, 1.82) is 0 Å². The van der Waals surface area contributed by atoms with Crippen LogP contribution in [0.4, 0.5) is 0 Å². The Labute approximate surface area is 154 Å². The zero-order valence-electron chi connectivity index (χ0n) is 16.1. The SMILES string of the molecule is CCCNC(C)CN1CCc2c(c(=O)oc3c(OC)c(OC)ccc23)C1. The molecule has 1 N–H and O–H groups in total. The number of methoxy groups -OCH3 is 2. The van der Waals surface area contributed by atoms with Crippen LogP contribution in [0.2, 0.25) is 0 Å². The summed E-state index contributed by atoms with van der Waals surface area (Å²) in [6, 6.07) is 4.22. The van der Waals surface area contributed by atoms with Crippen molar-refractivity contribution in [2.45, 2.75) is 39.3 Å². The highest BCUT2D eigenvalue weighted by molar-refractivity contribution is 5.88. The molecule has 26 heavy (non-hydrogen) atoms. The van der Waals surface area contributed by atoms with E-state index >= 15 is 0 Å². The third-order valence-electron chi connectivity index (χ3n) is 4.97. The van der Waals surface area contributed by atoms with Gasteiger partial charge in [-0.15, -0.1) is 0 Å². The molecule has 2 heterocycles. The van der Waals surface area contributed by atoms with Crippen molar-refractivity contribution in [3.05, 3.63) is 33.7 Å². The average molecular weight is 360 g/mol. The smallest absolute Gasteiger partial charge is 0.341 e. The van der Waals surface area contributed by atoms with E-state index in [9.17, 15) is 4.79 Å². The minimum Gasteiger partial charge on any atom is -0.493 e. The minimum absolute atomic E-state index is 0.280. The Hall–Kier alpha value is -2.05. The Kier molecular flexibility index (Phi) is 5.84. The predicted octanol–water partition coefficient (Wildman–Crippen LogP) is 2.56. The summed E-state index contributed by atoms with van der Waals surface area (Å²) in [5, 5.41) is 4.44. The number of rotatable bonds is 7. The van der Waals surface area contributed by atoms with Gasteiger partial charge >= 0.3 is 5.63 Å². The Morgan fingerprint density at radius 3 is 2.77 bits per heavy atom. The molecule has 0 bridgehead atoms. The molecule has 1 aromatic carbocycles. The zero-order chi connectivity index (χ0) is 18.7. The molecule has 1 aliphatic heterocycles. The van der Waals surface area contributed by atoms with Crippen molar-refractivity contribution in [1.82, 2.24) is 10.2 Å². The van der Waals surface area contributed by atoms with Crippen LogP contribution >= 0.6 is 0 Å². The fraction of sp³-hybridized carbons (Fsp3) is 0.550. The Bertz CT molecular complexity index is 831. The molecule has 0 spiro atoms. The number of hydrogen-bond donors (Lipinski definition) is 1. The quantitative estimate of drug-likeness (QED) is 0.766. The van der Waals surface area contributed by atoms with Gasteiger partial charge < -0.3 is 19.2 Å². The van der Waals surface area contributed by atoms with E-state index in [0.29, 0.717) is 29.7 Å². The lowest BCUT2D eigenvalue weighted by Gasteiger charge is -2.31. The van der Waals surface area contributed by atoms with Gasteiger partial charge in [0.1, 0.15) is 0 Å². The maximum atomic E-state index is 12.6. The molecule has 6 nitrogen and oxygen atoms in total. The summed E-state index contributed by atoms with van der Waals surface area (Å²) in [6.07, 6.45) is 1.95. The molecule has 142 valence electrons. The summed E-state index contributed by atoms with van der Waals surface area (Å²) in [4.78, 5) is 15.0. The number of hydrogen-bond acceptors (Lipinski definition) is 6. The summed E-state index contributed by atoms with van der Waals surface area (Å²) in [7, 11) is 3.13. The molecule has 0 saturated carbocycles. The van der Waals surface area contributed by atoms with Crippen LogP contribution in [0.25, 0.3) is 11.0 Å². The highest BCUT2D eigenvalue weighted by Gasteiger charge is 2.25. The third-order valence-corrected chi connectivity index (χ3v) is 4.97. The van der Waals surface area contributed by atoms with Crippen LogP contribution in [0, 0.1) is 0 Å². The monoisotopic (exact) mass is 360 g/mol. The van der Waals surface area contributed by atoms with E-state index in [1.165, 1.54) is 0 Å². The van der Waals surface area contributed by atoms with Gasteiger partial charge in [0, 0.05) is 31.1 Å². The first kappa shape index (κ1) is 18.7. The molecular formula is C20H28N2O4. The van der Waals surface area contributed by atoms with Crippen LogP contribution in [-0.4, -0.2) is 44.8 Å². The van der Waals surface area contributed by atoms with Crippen molar-refractivity contribution in [2.24, 2.45) is 0 Å². The van der Waals surface area contributed by atoms with Crippen LogP contribution in [0.1, 0.15) is 31.4 Å². The van der Waals surface area contributed by atoms with Crippen molar-refractivity contribution < 1.29 is 13.9 Å². The maximum absolute atomic E-state index is 12.6. The van der Waals surface area contributed by atoms with E-state index in [1.807, 2.05) is 12.1 Å². The molecule has 0 amide bonds. The topological polar surface area (TPSA) is 63.9 Å². The van der Waals surface area contributed by atoms with Gasteiger partial charge in [-0.1, -0.05) is 6.92 Å². The van der Waals surface area contributed by atoms with Gasteiger partial charge in [-0.3, -0.25) is 4.90 Å². The lowest BCUT2D eigenvalue weighted by atomic mass is 9.97. The Morgan fingerprint density at radius 1 is 1.27 bits per heavy atom. The first-order valence-electron chi connectivity index (χ1n) is 9.24. The summed E-state index contributed by atoms with van der Waals surface area (Å²) in [6.45, 7) is 7.84. The highest BCUT2D eigenvalue weighted by Crippen LogP contribution is 2.37. The summed E-state index contributed by atoms with van der Waals surface area (Å²) < 4.78 is 16.4. The maximum Gasteiger partial charge on any atom is 0.341 e. The Morgan fingerprint density at radius 2 is 2.08 bits per heavy atom. The van der Waals surface area contributed by atoms with E-state index < -0.39 is 0 Å². The van der Waals surface area contributed by atoms with Crippen LogP contribution < -0.4 is 20.4 Å². The molecule has 3 rings (SSSR count). The molecule has 1 unspecified atom stereocenters. The Balaban J connectivity index is 1.92. The lowest BCUT2D eigenvalue weighted by molar-refractivity contribution is 0.226. The highest BCUT2D eigenvalue weighted by atomic mass is 16.5. The first-order chi connectivity index (χ1) is 12.6. The summed E-state index contributed by atoms with van der Waals surface area (Å²) in [5.74, 6) is 1.04. The molecule has 1 aliphatic rings. The van der Waals surface area contributed by atoms with Gasteiger partial charge in [0.05, 0.1) is 19.8 Å². The largest absolute Gasteiger partial charge is 0.493 e. The van der Waals surface area contributed by atoms with E-state index in [2.05, 4.69) is 24.1 Å². The second kappa shape index (κ2) is 8.10. The second-order valence-electron chi connectivity index (χ2n) is 6.86. The van der Waals surface area contributed by atoms with Gasteiger partial charge in [-0.2, -0.15) is 0 Å². The third kappa shape index (κ3) is 3.57. The molecule has 0 aliphatic carbocycles. The lowest BCUT2D eigenvalue weighted by Crippen LogP contribution is -2.42. The zero-order valence-corrected chi connectivity index (χ0v) is 16.1. The number of nitrogens with zero attached hydrogens (tertiary/aromatic N) is 1. The van der Waals surface area contributed by atoms with Gasteiger partial charge in [0.2, 0.25) is 5.75 Å². The van der Waals surface area contributed by atoms with Crippen molar-refractivity contribution in [3.63, 3.8) is 0 Å². The van der Waals surface area contributed by atoms with Gasteiger partial charge in [0.15, 0.2) is 11.3 Å². The molecular weight excluding hydrogens is 332 g/mol. The van der Waals surface area contributed by atoms with Gasteiger partial charge in [0.25, 0.3) is 0 Å². The number of benzene rings is 1. The molecule has 0 saturated heterocycles. The van der Waals surface area contributed by atoms with Crippen LogP contribution in [0.5, 0.6) is 11.5 Å². The van der Waals surface area contributed by atoms with E-state index in [1.54, 1.807) is 14.2 Å². The predicted molar refractivity (Wildman–Crippen MR) is 102 cm³/mol. The first-order valence-corrected chi connectivity index (χ1v) is 9.24. The molecule has 0 radical (unpaired) electrons. The summed E-state index contributed by atoms with van der Waals surface area (Å²) in [5.41, 5.74) is 2.03. The van der Waals surface area contributed by atoms with Crippen LogP contribution in [-0.2, 0) is 13.0 Å². The standard InChI is InChI=1S/C20H28N2O4/c1-5-9-21-13(2)11-22-10-8-14-15-6-7-17(24-3)19(25-4)18(15)26-20(23)16(14)12-22/h6-7,13,21H,5,8-12H2,1-4H3. The van der Waals surface area contributed by atoms with E-state index in [4.69, 9.17) is 13.9 Å². The fourth-order valence-corrected chi connectivity index (χ4v) is 3.69. The van der Waals surface area contributed by atoms with Gasteiger partial charge in [-0.05, 0) is 44.0 Å². The fourth-order valence-electron chi connectivity index (χ4n) is 3.69. The van der Waals surface area contributed by atoms with E-state index in [-0.39, 0.29) is 5.63 Å². The molecule has 6 heteroatoms. The average Bonchev–Trinajstić information content (AvgIpc) is 2.65. The molecule has 2 aromatic rings. The molecule has 1 atom stereocenters. The second-order valence-corrected chi connectivity index (χ2v) is 6.86. The summed E-state index contributed by atoms with van der Waals surface area (Å²) >= 11 is 0. The van der Waals surface area contributed by atoms with Crippen molar-refractivity contribution in [3.8, 4) is 11.5 Å². The van der Waals surface area contributed by atoms with Gasteiger partial charge in [-0.25, -0.2) is 4.79 Å². The minimum atomic E-state index is -0.280. The van der Waals surface area contributed by atoms with Crippen molar-refractivity contribution in [2.75, 3.05) is 33.9 Å².